The highest BCUT2D eigenvalue weighted by Gasteiger charge is 2.49. The van der Waals surface area contributed by atoms with E-state index in [0.29, 0.717) is 34.3 Å². The summed E-state index contributed by atoms with van der Waals surface area (Å²) in [5, 5.41) is 21.5. The highest BCUT2D eigenvalue weighted by atomic mass is 32.1. The number of piperidine rings is 1. The summed E-state index contributed by atoms with van der Waals surface area (Å²) in [7, 11) is 2.21. The zero-order valence-corrected chi connectivity index (χ0v) is 27.5. The Bertz CT molecular complexity index is 1870. The van der Waals surface area contributed by atoms with E-state index in [0.717, 1.165) is 104 Å². The number of nitriles is 1. The van der Waals surface area contributed by atoms with Gasteiger partial charge in [-0.2, -0.15) is 10.4 Å². The molecule has 46 heavy (non-hydrogen) atoms. The van der Waals surface area contributed by atoms with Gasteiger partial charge in [0, 0.05) is 35.6 Å². The molecule has 5 atom stereocenters. The Morgan fingerprint density at radius 2 is 1.89 bits per heavy atom. The summed E-state index contributed by atoms with van der Waals surface area (Å²) in [6, 6.07) is 3.26. The molecule has 1 spiro atoms. The van der Waals surface area contributed by atoms with Gasteiger partial charge in [0.05, 0.1) is 28.6 Å². The lowest BCUT2D eigenvalue weighted by Gasteiger charge is -2.39. The van der Waals surface area contributed by atoms with Crippen molar-refractivity contribution in [3.05, 3.63) is 33.5 Å². The van der Waals surface area contributed by atoms with E-state index in [2.05, 4.69) is 34.5 Å². The number of nitrogens with zero attached hydrogens (tertiary/aromatic N) is 8. The van der Waals surface area contributed by atoms with Crippen LogP contribution in [0.3, 0.4) is 0 Å². The minimum absolute atomic E-state index is 0.162. The van der Waals surface area contributed by atoms with E-state index in [4.69, 9.17) is 36.2 Å². The minimum Gasteiger partial charge on any atom is -0.389 e. The second-order valence-corrected chi connectivity index (χ2v) is 15.7. The number of likely N-dealkylation sites (tertiary alicyclic amines) is 1. The van der Waals surface area contributed by atoms with Crippen LogP contribution < -0.4 is 16.4 Å². The molecule has 11 nitrogen and oxygen atoms in total. The molecule has 6 heterocycles. The topological polar surface area (TPSA) is 152 Å². The fraction of sp³-hybridized carbons (Fsp3) is 0.618. The first kappa shape index (κ1) is 28.7. The fourth-order valence-electron chi connectivity index (χ4n) is 9.92. The van der Waals surface area contributed by atoms with Crippen LogP contribution in [0.1, 0.15) is 91.7 Å². The predicted octanol–water partition coefficient (Wildman–Crippen LogP) is 4.78. The number of nitrogen functional groups attached to an aromatic ring is 1. The Kier molecular flexibility index (Phi) is 6.54. The Morgan fingerprint density at radius 3 is 2.63 bits per heavy atom. The number of likely N-dealkylation sites (N-methyl/N-ethyl adjacent to an activating group) is 1. The van der Waals surface area contributed by atoms with Crippen molar-refractivity contribution in [2.45, 2.75) is 94.7 Å². The second kappa shape index (κ2) is 10.5. The second-order valence-electron chi connectivity index (χ2n) is 14.6. The molecule has 240 valence electrons. The first-order valence-corrected chi connectivity index (χ1v) is 18.0. The monoisotopic (exact) mass is 638 g/mol. The quantitative estimate of drug-likeness (QED) is 0.319. The van der Waals surface area contributed by atoms with Crippen LogP contribution in [-0.4, -0.2) is 68.6 Å². The molecule has 4 aromatic rings. The highest BCUT2D eigenvalue weighted by molar-refractivity contribution is 7.16. The third-order valence-corrected chi connectivity index (χ3v) is 13.3. The minimum atomic E-state index is -0.385. The molecule has 5 unspecified atom stereocenters. The molecule has 12 heteroatoms. The molecule has 1 saturated carbocycles. The maximum absolute atomic E-state index is 10.2. The number of thiophene rings is 1. The van der Waals surface area contributed by atoms with E-state index >= 15 is 0 Å². The molecule has 3 aliphatic carbocycles. The maximum Gasteiger partial charge on any atom is 0.186 e. The van der Waals surface area contributed by atoms with Crippen LogP contribution in [0.2, 0.25) is 0 Å². The number of hydrogen-bond acceptors (Lipinski definition) is 11. The van der Waals surface area contributed by atoms with Crippen LogP contribution in [0.5, 0.6) is 0 Å². The normalized spacial score (nSPS) is 29.7. The Morgan fingerprint density at radius 1 is 1.11 bits per heavy atom. The van der Waals surface area contributed by atoms with Gasteiger partial charge in [0.25, 0.3) is 0 Å². The molecule has 0 radical (unpaired) electrons. The van der Waals surface area contributed by atoms with Crippen LogP contribution in [0, 0.1) is 23.2 Å². The molecule has 2 bridgehead atoms. The smallest absolute Gasteiger partial charge is 0.186 e. The zero-order chi connectivity index (χ0) is 31.3. The van der Waals surface area contributed by atoms with Gasteiger partial charge in [-0.15, -0.1) is 11.3 Å². The van der Waals surface area contributed by atoms with Crippen LogP contribution in [0.15, 0.2) is 10.7 Å². The molecule has 4 N–H and O–H groups in total. The van der Waals surface area contributed by atoms with Crippen LogP contribution in [0.25, 0.3) is 22.6 Å². The first-order valence-electron chi connectivity index (χ1n) is 17.1. The van der Waals surface area contributed by atoms with Crippen molar-refractivity contribution in [1.82, 2.24) is 29.8 Å². The van der Waals surface area contributed by atoms with Crippen molar-refractivity contribution in [1.29, 1.82) is 5.26 Å². The van der Waals surface area contributed by atoms with Crippen molar-refractivity contribution >= 4 is 33.2 Å². The summed E-state index contributed by atoms with van der Waals surface area (Å²) in [5.41, 5.74) is 17.0. The van der Waals surface area contributed by atoms with Crippen molar-refractivity contribution in [2.75, 3.05) is 37.3 Å². The van der Waals surface area contributed by atoms with Crippen LogP contribution in [-0.2, 0) is 18.3 Å². The SMILES string of the molecule is CC(C1CCCN1C)n1ncc2c(N3CC4CCC(C3)C4N)nc(-c3noc4c3CCCC43CCCc4sc(N)c(C#N)c43)nc21. The van der Waals surface area contributed by atoms with Crippen molar-refractivity contribution in [2.24, 2.45) is 17.6 Å². The molecule has 5 aliphatic rings. The average Bonchev–Trinajstić information content (AvgIpc) is 3.87. The molecule has 3 fully saturated rings. The summed E-state index contributed by atoms with van der Waals surface area (Å²) in [6.07, 6.45) is 12.3. The molecule has 2 aliphatic heterocycles. The summed E-state index contributed by atoms with van der Waals surface area (Å²) in [5.74, 6) is 3.36. The van der Waals surface area contributed by atoms with E-state index in [-0.39, 0.29) is 17.5 Å². The number of nitrogens with two attached hydrogens (primary N) is 2. The van der Waals surface area contributed by atoms with Gasteiger partial charge in [-0.1, -0.05) is 5.16 Å². The number of aryl methyl sites for hydroxylation is 1. The number of aromatic nitrogens is 5. The first-order chi connectivity index (χ1) is 22.4. The van der Waals surface area contributed by atoms with Gasteiger partial charge in [-0.25, -0.2) is 14.6 Å². The van der Waals surface area contributed by atoms with E-state index in [1.54, 1.807) is 11.3 Å². The van der Waals surface area contributed by atoms with E-state index in [1.807, 2.05) is 6.20 Å². The molecule has 2 saturated heterocycles. The van der Waals surface area contributed by atoms with Gasteiger partial charge in [0.2, 0.25) is 0 Å². The van der Waals surface area contributed by atoms with Crippen LogP contribution >= 0.6 is 11.3 Å². The summed E-state index contributed by atoms with van der Waals surface area (Å²) >= 11 is 1.57. The van der Waals surface area contributed by atoms with Gasteiger partial charge < -0.3 is 25.8 Å². The van der Waals surface area contributed by atoms with Gasteiger partial charge in [0.1, 0.15) is 16.9 Å². The number of hydrogen-bond donors (Lipinski definition) is 2. The molecular weight excluding hydrogens is 597 g/mol. The van der Waals surface area contributed by atoms with Gasteiger partial charge in [-0.3, -0.25) is 0 Å². The standard InChI is InChI=1S/C34H42N10OS/c1-18(24-7-5-13-42(24)2)44-33-23(15-38-44)32(43-16-19-9-10-20(17-43)27(19)36)39-31(40-33)28-21-6-3-11-34(29(21)45-41-28)12-4-8-25-26(34)22(14-35)30(37)46-25/h15,18-20,24,27H,3-13,16-17,36-37H2,1-2H3. The molecule has 0 amide bonds. The third-order valence-electron chi connectivity index (χ3n) is 12.2. The fourth-order valence-corrected chi connectivity index (χ4v) is 11.1. The maximum atomic E-state index is 10.2. The van der Waals surface area contributed by atoms with Gasteiger partial charge in [0.15, 0.2) is 22.9 Å². The van der Waals surface area contributed by atoms with E-state index < -0.39 is 0 Å². The lowest BCUT2D eigenvalue weighted by Crippen LogP contribution is -2.49. The average molecular weight is 639 g/mol. The van der Waals surface area contributed by atoms with Crippen molar-refractivity contribution in [3.8, 4) is 17.6 Å². The largest absolute Gasteiger partial charge is 0.389 e. The summed E-state index contributed by atoms with van der Waals surface area (Å²) < 4.78 is 8.50. The summed E-state index contributed by atoms with van der Waals surface area (Å²) in [6.45, 7) is 5.17. The summed E-state index contributed by atoms with van der Waals surface area (Å²) in [4.78, 5) is 16.7. The molecular formula is C34H42N10OS. The number of anilines is 2. The Labute approximate surface area is 272 Å². The molecule has 9 rings (SSSR count). The highest BCUT2D eigenvalue weighted by Crippen LogP contribution is 2.55. The predicted molar refractivity (Wildman–Crippen MR) is 178 cm³/mol. The lowest BCUT2D eigenvalue weighted by molar-refractivity contribution is 0.232. The zero-order valence-electron chi connectivity index (χ0n) is 26.7. The van der Waals surface area contributed by atoms with E-state index in [1.165, 1.54) is 24.1 Å². The molecule has 0 aromatic carbocycles. The van der Waals surface area contributed by atoms with Crippen molar-refractivity contribution in [3.63, 3.8) is 0 Å². The Balaban J connectivity index is 1.20. The third kappa shape index (κ3) is 4.00. The number of rotatable bonds is 4. The van der Waals surface area contributed by atoms with Crippen LogP contribution in [0.4, 0.5) is 10.8 Å². The van der Waals surface area contributed by atoms with Crippen molar-refractivity contribution < 1.29 is 4.52 Å². The lowest BCUT2D eigenvalue weighted by atomic mass is 9.63. The molecule has 4 aromatic heterocycles. The Hall–Kier alpha value is -3.53. The van der Waals surface area contributed by atoms with Gasteiger partial charge in [-0.05, 0) is 102 Å². The number of fused-ring (bicyclic) bond motifs is 7. The van der Waals surface area contributed by atoms with E-state index in [9.17, 15) is 5.26 Å². The van der Waals surface area contributed by atoms with Gasteiger partial charge >= 0.3 is 0 Å².